The van der Waals surface area contributed by atoms with Gasteiger partial charge in [-0.25, -0.2) is 4.39 Å². The van der Waals surface area contributed by atoms with Gasteiger partial charge in [0.15, 0.2) is 18.1 Å². The van der Waals surface area contributed by atoms with Crippen molar-refractivity contribution in [3.63, 3.8) is 0 Å². The lowest BCUT2D eigenvalue weighted by Crippen LogP contribution is -2.21. The van der Waals surface area contributed by atoms with E-state index in [0.29, 0.717) is 39.7 Å². The van der Waals surface area contributed by atoms with Crippen LogP contribution in [0.15, 0.2) is 83.5 Å². The molecule has 0 aliphatic carbocycles. The molecule has 0 unspecified atom stereocenters. The minimum Gasteiger partial charge on any atom is -0.493 e. The summed E-state index contributed by atoms with van der Waals surface area (Å²) in [7, 11) is 1.49. The number of hydrazone groups is 1. The van der Waals surface area contributed by atoms with Gasteiger partial charge in [-0.05, 0) is 55.5 Å². The van der Waals surface area contributed by atoms with Crippen LogP contribution in [0.1, 0.15) is 12.5 Å². The molecule has 1 aliphatic rings. The van der Waals surface area contributed by atoms with E-state index in [-0.39, 0.29) is 12.5 Å². The van der Waals surface area contributed by atoms with E-state index < -0.39 is 11.7 Å². The summed E-state index contributed by atoms with van der Waals surface area (Å²) in [5, 5.41) is 8.37. The van der Waals surface area contributed by atoms with E-state index in [1.54, 1.807) is 43.3 Å². The van der Waals surface area contributed by atoms with E-state index in [1.807, 2.05) is 18.2 Å². The maximum Gasteiger partial charge on any atom is 0.280 e. The average Bonchev–Trinajstić information content (AvgIpc) is 3.13. The molecule has 0 radical (unpaired) electrons. The van der Waals surface area contributed by atoms with Gasteiger partial charge in [-0.2, -0.15) is 10.1 Å². The third kappa shape index (κ3) is 4.96. The molecule has 0 atom stereocenters. The van der Waals surface area contributed by atoms with Crippen LogP contribution >= 0.6 is 0 Å². The number of halogens is 1. The molecule has 1 heterocycles. The molecule has 172 valence electrons. The van der Waals surface area contributed by atoms with Crippen molar-refractivity contribution in [1.29, 1.82) is 0 Å². The third-order valence-electron chi connectivity index (χ3n) is 5.07. The van der Waals surface area contributed by atoms with Crippen molar-refractivity contribution in [1.82, 2.24) is 0 Å². The summed E-state index contributed by atoms with van der Waals surface area (Å²) >= 11 is 0. The number of anilines is 2. The lowest BCUT2D eigenvalue weighted by molar-refractivity contribution is -0.118. The number of nitrogens with one attached hydrogen (secondary N) is 1. The van der Waals surface area contributed by atoms with E-state index >= 15 is 0 Å². The lowest BCUT2D eigenvalue weighted by Gasteiger charge is -2.14. The highest BCUT2D eigenvalue weighted by atomic mass is 19.1. The fraction of sp³-hybridized carbons (Fsp3) is 0.115. The first-order valence-corrected chi connectivity index (χ1v) is 10.5. The standard InChI is InChI=1S/C26H22FN3O4/c1-17-22(26(32)30(29-17)21-8-4-3-5-9-21)15-18-7-6-10-23(33-2)25(18)34-16-24(31)28-20-13-11-19(27)12-14-20/h3-15H,16H2,1-2H3,(H,28,31)/b22-15+. The minimum atomic E-state index is -0.430. The third-order valence-corrected chi connectivity index (χ3v) is 5.07. The van der Waals surface area contributed by atoms with Crippen LogP contribution in [0.25, 0.3) is 6.08 Å². The zero-order valence-electron chi connectivity index (χ0n) is 18.6. The maximum absolute atomic E-state index is 13.1. The second-order valence-corrected chi connectivity index (χ2v) is 7.42. The van der Waals surface area contributed by atoms with Gasteiger partial charge in [0, 0.05) is 11.3 Å². The van der Waals surface area contributed by atoms with Crippen LogP contribution in [0.5, 0.6) is 11.5 Å². The molecule has 0 saturated heterocycles. The molecule has 2 amide bonds. The number of ether oxygens (including phenoxy) is 2. The number of carbonyl (C=O) groups excluding carboxylic acids is 2. The van der Waals surface area contributed by atoms with Crippen molar-refractivity contribution in [3.05, 3.63) is 89.8 Å². The van der Waals surface area contributed by atoms with Gasteiger partial charge in [0.2, 0.25) is 0 Å². The highest BCUT2D eigenvalue weighted by Gasteiger charge is 2.29. The minimum absolute atomic E-state index is 0.272. The van der Waals surface area contributed by atoms with Crippen LogP contribution in [0, 0.1) is 5.82 Å². The number of amides is 2. The summed E-state index contributed by atoms with van der Waals surface area (Å²) in [4.78, 5) is 25.4. The Morgan fingerprint density at radius 1 is 1.06 bits per heavy atom. The summed E-state index contributed by atoms with van der Waals surface area (Å²) < 4.78 is 24.3. The Hall–Kier alpha value is -4.46. The second-order valence-electron chi connectivity index (χ2n) is 7.42. The molecule has 0 saturated carbocycles. The van der Waals surface area contributed by atoms with Gasteiger partial charge in [0.1, 0.15) is 5.82 Å². The van der Waals surface area contributed by atoms with Gasteiger partial charge in [-0.1, -0.05) is 30.3 Å². The second kappa shape index (κ2) is 9.99. The monoisotopic (exact) mass is 459 g/mol. The Morgan fingerprint density at radius 3 is 2.50 bits per heavy atom. The normalized spacial score (nSPS) is 14.2. The van der Waals surface area contributed by atoms with Gasteiger partial charge < -0.3 is 14.8 Å². The Morgan fingerprint density at radius 2 is 1.79 bits per heavy atom. The van der Waals surface area contributed by atoms with Crippen LogP contribution in [0.2, 0.25) is 0 Å². The Kier molecular flexibility index (Phi) is 6.68. The first-order chi connectivity index (χ1) is 16.5. The fourth-order valence-electron chi connectivity index (χ4n) is 3.41. The number of hydrogen-bond donors (Lipinski definition) is 1. The zero-order valence-corrected chi connectivity index (χ0v) is 18.6. The Balaban J connectivity index is 1.56. The molecular formula is C26H22FN3O4. The number of carbonyl (C=O) groups is 2. The van der Waals surface area contributed by atoms with Crippen molar-refractivity contribution in [2.45, 2.75) is 6.92 Å². The molecule has 1 aliphatic heterocycles. The number of methoxy groups -OCH3 is 1. The van der Waals surface area contributed by atoms with Crippen molar-refractivity contribution in [2.75, 3.05) is 24.0 Å². The molecule has 0 spiro atoms. The molecule has 3 aromatic carbocycles. The molecule has 1 N–H and O–H groups in total. The summed E-state index contributed by atoms with van der Waals surface area (Å²) in [5.74, 6) is -0.381. The summed E-state index contributed by atoms with van der Waals surface area (Å²) in [5.41, 5.74) is 2.62. The van der Waals surface area contributed by atoms with Gasteiger partial charge in [0.25, 0.3) is 11.8 Å². The molecule has 7 nitrogen and oxygen atoms in total. The molecule has 0 fully saturated rings. The highest BCUT2D eigenvalue weighted by Crippen LogP contribution is 2.34. The zero-order chi connectivity index (χ0) is 24.1. The summed E-state index contributed by atoms with van der Waals surface area (Å²) in [6.07, 6.45) is 1.67. The van der Waals surface area contributed by atoms with E-state index in [0.717, 1.165) is 0 Å². The topological polar surface area (TPSA) is 80.2 Å². The smallest absolute Gasteiger partial charge is 0.280 e. The predicted octanol–water partition coefficient (Wildman–Crippen LogP) is 4.66. The van der Waals surface area contributed by atoms with E-state index in [4.69, 9.17) is 9.47 Å². The lowest BCUT2D eigenvalue weighted by atomic mass is 10.1. The quantitative estimate of drug-likeness (QED) is 0.522. The molecule has 8 heteroatoms. The highest BCUT2D eigenvalue weighted by molar-refractivity contribution is 6.32. The van der Waals surface area contributed by atoms with Crippen LogP contribution in [0.4, 0.5) is 15.8 Å². The number of rotatable bonds is 7. The molecule has 4 rings (SSSR count). The number of hydrogen-bond acceptors (Lipinski definition) is 5. The van der Waals surface area contributed by atoms with E-state index in [1.165, 1.54) is 36.4 Å². The van der Waals surface area contributed by atoms with Crippen LogP contribution < -0.4 is 19.8 Å². The van der Waals surface area contributed by atoms with Crippen LogP contribution in [0.3, 0.4) is 0 Å². The SMILES string of the molecule is COc1cccc(/C=C2/C(=O)N(c3ccccc3)N=C2C)c1OCC(=O)Nc1ccc(F)cc1. The molecule has 0 bridgehead atoms. The van der Waals surface area contributed by atoms with Crippen molar-refractivity contribution >= 4 is 35.0 Å². The van der Waals surface area contributed by atoms with Gasteiger partial charge >= 0.3 is 0 Å². The Labute approximate surface area is 196 Å². The van der Waals surface area contributed by atoms with Gasteiger partial charge in [0.05, 0.1) is 24.1 Å². The average molecular weight is 459 g/mol. The largest absolute Gasteiger partial charge is 0.493 e. The predicted molar refractivity (Wildman–Crippen MR) is 129 cm³/mol. The number of para-hydroxylation sites is 2. The molecular weight excluding hydrogens is 437 g/mol. The Bertz CT molecular complexity index is 1270. The van der Waals surface area contributed by atoms with Crippen LogP contribution in [-0.2, 0) is 9.59 Å². The maximum atomic E-state index is 13.1. The van der Waals surface area contributed by atoms with Gasteiger partial charge in [-0.15, -0.1) is 0 Å². The summed E-state index contributed by atoms with van der Waals surface area (Å²) in [6.45, 7) is 1.44. The van der Waals surface area contributed by atoms with Crippen molar-refractivity contribution in [3.8, 4) is 11.5 Å². The first kappa shape index (κ1) is 22.7. The number of benzene rings is 3. The summed E-state index contributed by atoms with van der Waals surface area (Å²) in [6, 6.07) is 19.8. The van der Waals surface area contributed by atoms with E-state index in [9.17, 15) is 14.0 Å². The molecule has 3 aromatic rings. The molecule has 0 aromatic heterocycles. The first-order valence-electron chi connectivity index (χ1n) is 10.5. The van der Waals surface area contributed by atoms with Crippen molar-refractivity contribution < 1.29 is 23.5 Å². The van der Waals surface area contributed by atoms with E-state index in [2.05, 4.69) is 10.4 Å². The van der Waals surface area contributed by atoms with Crippen LogP contribution in [-0.4, -0.2) is 31.2 Å². The fourth-order valence-corrected chi connectivity index (χ4v) is 3.41. The molecule has 34 heavy (non-hydrogen) atoms. The van der Waals surface area contributed by atoms with Gasteiger partial charge in [-0.3, -0.25) is 9.59 Å². The number of nitrogens with zero attached hydrogens (tertiary/aromatic N) is 2. The van der Waals surface area contributed by atoms with Crippen molar-refractivity contribution in [2.24, 2.45) is 5.10 Å².